The van der Waals surface area contributed by atoms with Crippen molar-refractivity contribution in [2.24, 2.45) is 0 Å². The van der Waals surface area contributed by atoms with Gasteiger partial charge in [-0.2, -0.15) is 0 Å². The summed E-state index contributed by atoms with van der Waals surface area (Å²) in [6.45, 7) is 6.41. The first kappa shape index (κ1) is 70.3. The molecule has 0 N–H and O–H groups in total. The zero-order chi connectivity index (χ0) is 54.3. The van der Waals surface area contributed by atoms with Gasteiger partial charge in [0.05, 0.1) is 0 Å². The van der Waals surface area contributed by atoms with Crippen molar-refractivity contribution in [1.29, 1.82) is 0 Å². The van der Waals surface area contributed by atoms with Gasteiger partial charge in [0.1, 0.15) is 13.2 Å². The van der Waals surface area contributed by atoms with Gasteiger partial charge in [-0.05, 0) is 141 Å². The molecule has 0 rings (SSSR count). The molecule has 0 radical (unpaired) electrons. The topological polar surface area (TPSA) is 78.9 Å². The zero-order valence-corrected chi connectivity index (χ0v) is 48.3. The monoisotopic (exact) mass is 1030 g/mol. The lowest BCUT2D eigenvalue weighted by molar-refractivity contribution is -0.167. The van der Waals surface area contributed by atoms with E-state index in [4.69, 9.17) is 14.2 Å². The molecule has 6 heteroatoms. The van der Waals surface area contributed by atoms with Gasteiger partial charge in [0.15, 0.2) is 6.10 Å². The van der Waals surface area contributed by atoms with Crippen molar-refractivity contribution in [3.8, 4) is 0 Å². The Balaban J connectivity index is 4.45. The van der Waals surface area contributed by atoms with Crippen molar-refractivity contribution < 1.29 is 28.6 Å². The molecular weight excluding hydrogens is 925 g/mol. The minimum atomic E-state index is -0.818. The van der Waals surface area contributed by atoms with Crippen molar-refractivity contribution in [2.45, 2.75) is 258 Å². The van der Waals surface area contributed by atoms with Crippen LogP contribution in [-0.2, 0) is 28.6 Å². The number of carbonyl (C=O) groups is 3. The van der Waals surface area contributed by atoms with Crippen LogP contribution in [0.1, 0.15) is 252 Å². The van der Waals surface area contributed by atoms with E-state index in [9.17, 15) is 14.4 Å². The van der Waals surface area contributed by atoms with E-state index in [1.54, 1.807) is 0 Å². The number of hydrogen-bond donors (Lipinski definition) is 0. The first-order valence-electron chi connectivity index (χ1n) is 30.3. The van der Waals surface area contributed by atoms with E-state index in [1.165, 1.54) is 64.2 Å². The fraction of sp³-hybridized carbons (Fsp3) is 0.609. The van der Waals surface area contributed by atoms with Crippen LogP contribution in [0.4, 0.5) is 0 Å². The quantitative estimate of drug-likeness (QED) is 0.0261. The molecule has 0 aromatic carbocycles. The third-order valence-electron chi connectivity index (χ3n) is 12.3. The van der Waals surface area contributed by atoms with Crippen molar-refractivity contribution in [3.05, 3.63) is 146 Å². The van der Waals surface area contributed by atoms with Crippen LogP contribution < -0.4 is 0 Å². The minimum Gasteiger partial charge on any atom is -0.462 e. The summed E-state index contributed by atoms with van der Waals surface area (Å²) in [4.78, 5) is 38.1. The van der Waals surface area contributed by atoms with E-state index < -0.39 is 6.10 Å². The Labute approximate surface area is 461 Å². The maximum Gasteiger partial charge on any atom is 0.306 e. The van der Waals surface area contributed by atoms with Gasteiger partial charge in [-0.15, -0.1) is 0 Å². The maximum atomic E-state index is 12.9. The smallest absolute Gasteiger partial charge is 0.306 e. The van der Waals surface area contributed by atoms with Crippen molar-refractivity contribution in [3.63, 3.8) is 0 Å². The normalized spacial score (nSPS) is 13.2. The summed E-state index contributed by atoms with van der Waals surface area (Å²) in [6.07, 6.45) is 88.5. The standard InChI is InChI=1S/C69H110O6/c1-4-7-10-13-16-19-22-25-27-29-30-31-32-33-34-35-36-37-38-39-40-41-43-44-47-50-53-56-59-62-68(71)74-65-66(64-73-67(70)61-58-55-52-49-46-24-21-18-15-12-9-6-3)75-69(72)63-60-57-54-51-48-45-42-28-26-23-20-17-14-11-8-5-2/h7,10,16,18-21,23,25,27-28,30-31,33-34,36-37,39-40,42-44,50,53,66H,4-6,8-9,11-15,17,22,24,26,29,32,35,38,41,45-49,51-52,54-65H2,1-3H3/b10-7-,19-16-,21-18-,23-20-,27-25-,31-30-,34-33-,37-36-,40-39-,42-28-,44-43-,53-50-. The van der Waals surface area contributed by atoms with E-state index in [-0.39, 0.29) is 37.5 Å². The van der Waals surface area contributed by atoms with Gasteiger partial charge in [0.25, 0.3) is 0 Å². The summed E-state index contributed by atoms with van der Waals surface area (Å²) in [5, 5.41) is 0. The zero-order valence-electron chi connectivity index (χ0n) is 48.3. The molecule has 6 nitrogen and oxygen atoms in total. The van der Waals surface area contributed by atoms with Crippen LogP contribution in [0.3, 0.4) is 0 Å². The molecule has 0 aliphatic carbocycles. The number of ether oxygens (including phenoxy) is 3. The van der Waals surface area contributed by atoms with Gasteiger partial charge >= 0.3 is 17.9 Å². The lowest BCUT2D eigenvalue weighted by atomic mass is 10.1. The number of hydrogen-bond acceptors (Lipinski definition) is 6. The molecule has 0 aliphatic heterocycles. The molecule has 0 heterocycles. The number of carbonyl (C=O) groups excluding carboxylic acids is 3. The Kier molecular flexibility index (Phi) is 58.0. The highest BCUT2D eigenvalue weighted by atomic mass is 16.6. The Morgan fingerprint density at radius 3 is 0.907 bits per heavy atom. The lowest BCUT2D eigenvalue weighted by Crippen LogP contribution is -2.30. The van der Waals surface area contributed by atoms with Gasteiger partial charge in [0.2, 0.25) is 0 Å². The summed E-state index contributed by atoms with van der Waals surface area (Å²) in [5.74, 6) is -1.00. The Morgan fingerprint density at radius 2 is 0.533 bits per heavy atom. The van der Waals surface area contributed by atoms with Gasteiger partial charge in [0, 0.05) is 19.3 Å². The van der Waals surface area contributed by atoms with E-state index in [0.29, 0.717) is 19.3 Å². The Morgan fingerprint density at radius 1 is 0.280 bits per heavy atom. The van der Waals surface area contributed by atoms with Crippen LogP contribution in [0, 0.1) is 0 Å². The van der Waals surface area contributed by atoms with Crippen LogP contribution in [0.25, 0.3) is 0 Å². The molecule has 422 valence electrons. The highest BCUT2D eigenvalue weighted by Crippen LogP contribution is 2.13. The molecule has 0 aromatic rings. The molecule has 75 heavy (non-hydrogen) atoms. The van der Waals surface area contributed by atoms with Crippen LogP contribution in [0.2, 0.25) is 0 Å². The van der Waals surface area contributed by atoms with E-state index in [2.05, 4.69) is 167 Å². The number of rotatable bonds is 53. The fourth-order valence-corrected chi connectivity index (χ4v) is 7.76. The minimum absolute atomic E-state index is 0.111. The highest BCUT2D eigenvalue weighted by molar-refractivity contribution is 5.71. The molecule has 0 spiro atoms. The molecule has 0 saturated heterocycles. The molecular formula is C69H110O6. The molecule has 0 aromatic heterocycles. The van der Waals surface area contributed by atoms with Crippen molar-refractivity contribution in [2.75, 3.05) is 13.2 Å². The predicted octanol–water partition coefficient (Wildman–Crippen LogP) is 20.8. The largest absolute Gasteiger partial charge is 0.462 e. The van der Waals surface area contributed by atoms with E-state index in [1.807, 2.05) is 0 Å². The summed E-state index contributed by atoms with van der Waals surface area (Å²) in [6, 6.07) is 0. The molecule has 1 atom stereocenters. The second-order valence-corrected chi connectivity index (χ2v) is 19.5. The second-order valence-electron chi connectivity index (χ2n) is 19.5. The van der Waals surface area contributed by atoms with Crippen LogP contribution in [0.5, 0.6) is 0 Å². The van der Waals surface area contributed by atoms with Gasteiger partial charge in [-0.3, -0.25) is 14.4 Å². The number of unbranched alkanes of at least 4 members (excludes halogenated alkanes) is 18. The van der Waals surface area contributed by atoms with Gasteiger partial charge in [-0.25, -0.2) is 0 Å². The molecule has 0 amide bonds. The number of esters is 3. The maximum absolute atomic E-state index is 12.9. The van der Waals surface area contributed by atoms with Gasteiger partial charge in [-0.1, -0.05) is 237 Å². The Hall–Kier alpha value is -4.71. The molecule has 0 bridgehead atoms. The molecule has 0 saturated carbocycles. The summed E-state index contributed by atoms with van der Waals surface area (Å²) in [5.41, 5.74) is 0. The fourth-order valence-electron chi connectivity index (χ4n) is 7.76. The molecule has 0 aliphatic rings. The van der Waals surface area contributed by atoms with E-state index >= 15 is 0 Å². The van der Waals surface area contributed by atoms with Crippen LogP contribution in [-0.4, -0.2) is 37.2 Å². The Bertz CT molecular complexity index is 1660. The average Bonchev–Trinajstić information content (AvgIpc) is 3.41. The summed E-state index contributed by atoms with van der Waals surface area (Å²) >= 11 is 0. The number of allylic oxidation sites excluding steroid dienone is 24. The molecule has 1 unspecified atom stereocenters. The van der Waals surface area contributed by atoms with Crippen LogP contribution >= 0.6 is 0 Å². The third-order valence-corrected chi connectivity index (χ3v) is 12.3. The first-order valence-corrected chi connectivity index (χ1v) is 30.3. The summed E-state index contributed by atoms with van der Waals surface area (Å²) < 4.78 is 16.8. The third kappa shape index (κ3) is 60.0. The van der Waals surface area contributed by atoms with Crippen molar-refractivity contribution >= 4 is 17.9 Å². The average molecular weight is 1040 g/mol. The SMILES string of the molecule is CC/C=C\C/C=C\C/C=C\C/C=C\C/C=C\C/C=C\C/C=C\C/C=C\C/C=C\CCCC(=O)OCC(COC(=O)CCCCCCC/C=C\CCCCC)OC(=O)CCCCCCC/C=C\C/C=C\CCCCCC. The lowest BCUT2D eigenvalue weighted by Gasteiger charge is -2.18. The second kappa shape index (κ2) is 61.8. The van der Waals surface area contributed by atoms with E-state index in [0.717, 1.165) is 141 Å². The highest BCUT2D eigenvalue weighted by Gasteiger charge is 2.19. The predicted molar refractivity (Wildman–Crippen MR) is 325 cm³/mol. The first-order chi connectivity index (χ1) is 37.0. The summed E-state index contributed by atoms with van der Waals surface area (Å²) in [7, 11) is 0. The van der Waals surface area contributed by atoms with Crippen LogP contribution in [0.15, 0.2) is 146 Å². The van der Waals surface area contributed by atoms with Gasteiger partial charge < -0.3 is 14.2 Å². The van der Waals surface area contributed by atoms with Crippen molar-refractivity contribution in [1.82, 2.24) is 0 Å². The molecule has 0 fully saturated rings.